The zero-order chi connectivity index (χ0) is 19.5. The first-order chi connectivity index (χ1) is 12.3. The number of anilines is 2. The Bertz CT molecular complexity index is 820. The van der Waals surface area contributed by atoms with E-state index in [-0.39, 0.29) is 36.0 Å². The van der Waals surface area contributed by atoms with Crippen molar-refractivity contribution in [3.05, 3.63) is 22.1 Å². The lowest BCUT2D eigenvalue weighted by molar-refractivity contribution is -0.146. The maximum Gasteiger partial charge on any atom is 0.354 e. The highest BCUT2D eigenvalue weighted by Crippen LogP contribution is 2.29. The standard InChI is InChI=1S/C16H22N4O5S/c1-6-24-13(22)9-8-16(3,14(23)25-7-2)19-10-11(17-9)18-15(26-5)20(4)12(10)21/h8,17,19H,6-7H2,1-5H3/t16-/m1/s1. The van der Waals surface area contributed by atoms with Gasteiger partial charge in [0.1, 0.15) is 11.4 Å². The summed E-state index contributed by atoms with van der Waals surface area (Å²) in [4.78, 5) is 41.9. The fraction of sp³-hybridized carbons (Fsp3) is 0.500. The van der Waals surface area contributed by atoms with Gasteiger partial charge >= 0.3 is 11.9 Å². The molecule has 0 radical (unpaired) electrons. The van der Waals surface area contributed by atoms with Gasteiger partial charge in [0.05, 0.1) is 13.2 Å². The Hall–Kier alpha value is -2.49. The van der Waals surface area contributed by atoms with Crippen LogP contribution < -0.4 is 16.2 Å². The van der Waals surface area contributed by atoms with Gasteiger partial charge in [0.2, 0.25) is 0 Å². The van der Waals surface area contributed by atoms with Crippen LogP contribution in [0.5, 0.6) is 0 Å². The van der Waals surface area contributed by atoms with Crippen molar-refractivity contribution in [2.24, 2.45) is 7.05 Å². The summed E-state index contributed by atoms with van der Waals surface area (Å²) in [6, 6.07) is 0. The third-order valence-corrected chi connectivity index (χ3v) is 4.43. The summed E-state index contributed by atoms with van der Waals surface area (Å²) in [7, 11) is 1.58. The number of aromatic nitrogens is 2. The number of ether oxygens (including phenoxy) is 2. The van der Waals surface area contributed by atoms with Crippen molar-refractivity contribution in [1.29, 1.82) is 0 Å². The van der Waals surface area contributed by atoms with Crippen LogP contribution in [0, 0.1) is 0 Å². The zero-order valence-electron chi connectivity index (χ0n) is 15.3. The smallest absolute Gasteiger partial charge is 0.354 e. The number of nitrogens with one attached hydrogen (secondary N) is 2. The summed E-state index contributed by atoms with van der Waals surface area (Å²) in [6.45, 7) is 5.18. The molecule has 1 aliphatic rings. The minimum absolute atomic E-state index is 0.00135. The van der Waals surface area contributed by atoms with E-state index in [0.717, 1.165) is 0 Å². The van der Waals surface area contributed by atoms with Gasteiger partial charge in [0, 0.05) is 7.05 Å². The topological polar surface area (TPSA) is 112 Å². The van der Waals surface area contributed by atoms with Gasteiger partial charge in [-0.1, -0.05) is 11.8 Å². The first-order valence-electron chi connectivity index (χ1n) is 8.04. The molecule has 1 aliphatic heterocycles. The summed E-state index contributed by atoms with van der Waals surface area (Å²) in [5.74, 6) is -1.15. The molecule has 0 aliphatic carbocycles. The fourth-order valence-electron chi connectivity index (χ4n) is 2.43. The number of hydrogen-bond donors (Lipinski definition) is 2. The first kappa shape index (κ1) is 19.8. The monoisotopic (exact) mass is 382 g/mol. The number of carbonyl (C=O) groups is 2. The van der Waals surface area contributed by atoms with Crippen LogP contribution in [0.3, 0.4) is 0 Å². The second-order valence-electron chi connectivity index (χ2n) is 5.64. The van der Waals surface area contributed by atoms with Crippen molar-refractivity contribution in [2.45, 2.75) is 31.5 Å². The number of esters is 2. The number of nitrogens with zero attached hydrogens (tertiary/aromatic N) is 2. The van der Waals surface area contributed by atoms with Gasteiger partial charge in [0.15, 0.2) is 16.5 Å². The molecule has 1 aromatic rings. The molecule has 9 nitrogen and oxygen atoms in total. The molecule has 10 heteroatoms. The minimum Gasteiger partial charge on any atom is -0.464 e. The minimum atomic E-state index is -1.45. The van der Waals surface area contributed by atoms with Crippen LogP contribution in [0.1, 0.15) is 20.8 Å². The summed E-state index contributed by atoms with van der Waals surface area (Å²) in [6.07, 6.45) is 3.13. The van der Waals surface area contributed by atoms with E-state index in [9.17, 15) is 14.4 Å². The molecule has 26 heavy (non-hydrogen) atoms. The SMILES string of the molecule is CCOC(=O)C1=C[C@](C)(C(=O)OCC)Nc2c(nc(SC)n(C)c2=O)N1. The second-order valence-corrected chi connectivity index (χ2v) is 6.41. The van der Waals surface area contributed by atoms with E-state index in [1.54, 1.807) is 27.2 Å². The van der Waals surface area contributed by atoms with E-state index in [1.165, 1.54) is 29.3 Å². The molecular weight excluding hydrogens is 360 g/mol. The summed E-state index contributed by atoms with van der Waals surface area (Å²) in [5, 5.41) is 6.15. The normalized spacial score (nSPS) is 18.6. The van der Waals surface area contributed by atoms with Crippen LogP contribution in [-0.4, -0.2) is 46.5 Å². The Morgan fingerprint density at radius 3 is 2.54 bits per heavy atom. The van der Waals surface area contributed by atoms with Crippen LogP contribution in [0.2, 0.25) is 0 Å². The Morgan fingerprint density at radius 2 is 1.96 bits per heavy atom. The largest absolute Gasteiger partial charge is 0.464 e. The summed E-state index contributed by atoms with van der Waals surface area (Å²) < 4.78 is 11.5. The van der Waals surface area contributed by atoms with Gasteiger partial charge in [-0.05, 0) is 33.1 Å². The third kappa shape index (κ3) is 3.69. The van der Waals surface area contributed by atoms with Crippen molar-refractivity contribution in [1.82, 2.24) is 9.55 Å². The molecule has 0 spiro atoms. The predicted octanol–water partition coefficient (Wildman–Crippen LogP) is 1.11. The van der Waals surface area contributed by atoms with Crippen LogP contribution in [-0.2, 0) is 26.1 Å². The van der Waals surface area contributed by atoms with Crippen LogP contribution in [0.4, 0.5) is 11.5 Å². The third-order valence-electron chi connectivity index (χ3n) is 3.70. The summed E-state index contributed by atoms with van der Waals surface area (Å²) in [5.41, 5.74) is -1.77. The van der Waals surface area contributed by atoms with E-state index in [4.69, 9.17) is 9.47 Å². The lowest BCUT2D eigenvalue weighted by Crippen LogP contribution is -2.44. The zero-order valence-corrected chi connectivity index (χ0v) is 16.2. The van der Waals surface area contributed by atoms with Gasteiger partial charge in [-0.15, -0.1) is 0 Å². The van der Waals surface area contributed by atoms with E-state index >= 15 is 0 Å². The molecule has 0 bridgehead atoms. The number of thioether (sulfide) groups is 1. The van der Waals surface area contributed by atoms with Crippen LogP contribution >= 0.6 is 11.8 Å². The average Bonchev–Trinajstić information content (AvgIpc) is 2.76. The average molecular weight is 382 g/mol. The molecule has 2 rings (SSSR count). The van der Waals surface area contributed by atoms with Crippen molar-refractivity contribution in [3.8, 4) is 0 Å². The Kier molecular flexibility index (Phi) is 5.96. The lowest BCUT2D eigenvalue weighted by atomic mass is 10.0. The lowest BCUT2D eigenvalue weighted by Gasteiger charge is -2.25. The first-order valence-corrected chi connectivity index (χ1v) is 9.27. The van der Waals surface area contributed by atoms with Gasteiger partial charge in [-0.2, -0.15) is 0 Å². The van der Waals surface area contributed by atoms with Crippen molar-refractivity contribution >= 4 is 35.2 Å². The maximum absolute atomic E-state index is 12.7. The van der Waals surface area contributed by atoms with Gasteiger partial charge in [-0.3, -0.25) is 9.36 Å². The maximum atomic E-state index is 12.7. The van der Waals surface area contributed by atoms with Gasteiger partial charge in [-0.25, -0.2) is 14.6 Å². The molecule has 0 aromatic carbocycles. The van der Waals surface area contributed by atoms with E-state index in [0.29, 0.717) is 5.16 Å². The molecule has 1 aromatic heterocycles. The van der Waals surface area contributed by atoms with Crippen LogP contribution in [0.15, 0.2) is 21.7 Å². The molecule has 0 unspecified atom stereocenters. The molecule has 0 fully saturated rings. The molecule has 0 saturated heterocycles. The molecule has 2 N–H and O–H groups in total. The highest BCUT2D eigenvalue weighted by Gasteiger charge is 2.39. The molecule has 2 heterocycles. The van der Waals surface area contributed by atoms with Crippen LogP contribution in [0.25, 0.3) is 0 Å². The second kappa shape index (κ2) is 7.81. The quantitative estimate of drug-likeness (QED) is 0.439. The molecular formula is C16H22N4O5S. The summed E-state index contributed by atoms with van der Waals surface area (Å²) >= 11 is 1.28. The number of carbonyl (C=O) groups excluding carboxylic acids is 2. The van der Waals surface area contributed by atoms with Crippen molar-refractivity contribution < 1.29 is 19.1 Å². The predicted molar refractivity (Wildman–Crippen MR) is 98.3 cm³/mol. The number of rotatable bonds is 5. The molecule has 1 atom stereocenters. The van der Waals surface area contributed by atoms with Crippen molar-refractivity contribution in [2.75, 3.05) is 30.1 Å². The number of fused-ring (bicyclic) bond motifs is 1. The Balaban J connectivity index is 2.66. The highest BCUT2D eigenvalue weighted by atomic mass is 32.2. The van der Waals surface area contributed by atoms with Gasteiger partial charge in [0.25, 0.3) is 5.56 Å². The Labute approximate surface area is 155 Å². The van der Waals surface area contributed by atoms with Gasteiger partial charge < -0.3 is 20.1 Å². The molecule has 0 amide bonds. The highest BCUT2D eigenvalue weighted by molar-refractivity contribution is 7.98. The van der Waals surface area contributed by atoms with E-state index in [1.807, 2.05) is 0 Å². The molecule has 0 saturated carbocycles. The van der Waals surface area contributed by atoms with E-state index in [2.05, 4.69) is 15.6 Å². The van der Waals surface area contributed by atoms with Crippen molar-refractivity contribution in [3.63, 3.8) is 0 Å². The Morgan fingerprint density at radius 1 is 1.31 bits per heavy atom. The fourth-order valence-corrected chi connectivity index (χ4v) is 2.97. The number of hydrogen-bond acceptors (Lipinski definition) is 9. The molecule has 142 valence electrons. The van der Waals surface area contributed by atoms with E-state index < -0.39 is 17.5 Å².